The number of hydrogen-bond acceptors (Lipinski definition) is 4. The first-order valence-electron chi connectivity index (χ1n) is 5.94. The first-order chi connectivity index (χ1) is 8.26. The molecule has 2 rings (SSSR count). The van der Waals surface area contributed by atoms with Gasteiger partial charge < -0.3 is 15.2 Å². The van der Waals surface area contributed by atoms with E-state index in [1.165, 1.54) is 0 Å². The third-order valence-electron chi connectivity index (χ3n) is 2.70. The summed E-state index contributed by atoms with van der Waals surface area (Å²) in [5.41, 5.74) is 5.84. The number of amidine groups is 1. The van der Waals surface area contributed by atoms with Gasteiger partial charge in [0.25, 0.3) is 0 Å². The molecule has 0 bridgehead atoms. The van der Waals surface area contributed by atoms with Crippen molar-refractivity contribution >= 4 is 5.84 Å². The van der Waals surface area contributed by atoms with Crippen LogP contribution in [-0.2, 0) is 9.47 Å². The summed E-state index contributed by atoms with van der Waals surface area (Å²) in [4.78, 5) is 4.45. The highest BCUT2D eigenvalue weighted by Crippen LogP contribution is 2.27. The molecule has 1 heterocycles. The van der Waals surface area contributed by atoms with E-state index in [-0.39, 0.29) is 12.1 Å². The molecule has 0 saturated carbocycles. The molecule has 2 aliphatic rings. The van der Waals surface area contributed by atoms with Crippen LogP contribution in [0.4, 0.5) is 0 Å². The van der Waals surface area contributed by atoms with Crippen molar-refractivity contribution in [3.63, 3.8) is 0 Å². The largest absolute Gasteiger partial charge is 0.456 e. The smallest absolute Gasteiger partial charge is 0.164 e. The summed E-state index contributed by atoms with van der Waals surface area (Å²) in [6, 6.07) is -0.143. The fourth-order valence-corrected chi connectivity index (χ4v) is 1.86. The van der Waals surface area contributed by atoms with Crippen LogP contribution >= 0.6 is 0 Å². The Morgan fingerprint density at radius 2 is 2.41 bits per heavy atom. The highest BCUT2D eigenvalue weighted by molar-refractivity contribution is 5.96. The van der Waals surface area contributed by atoms with Crippen LogP contribution in [0.2, 0.25) is 0 Å². The van der Waals surface area contributed by atoms with Crippen molar-refractivity contribution in [2.24, 2.45) is 10.7 Å². The molecule has 0 fully saturated rings. The van der Waals surface area contributed by atoms with E-state index < -0.39 is 0 Å². The summed E-state index contributed by atoms with van der Waals surface area (Å²) in [5, 5.41) is 0. The van der Waals surface area contributed by atoms with Gasteiger partial charge in [0.2, 0.25) is 0 Å². The van der Waals surface area contributed by atoms with Gasteiger partial charge in [-0.2, -0.15) is 0 Å². The first kappa shape index (κ1) is 11.9. The van der Waals surface area contributed by atoms with Crippen LogP contribution in [0.15, 0.2) is 40.8 Å². The van der Waals surface area contributed by atoms with Crippen LogP contribution in [0.25, 0.3) is 0 Å². The molecule has 0 amide bonds. The second-order valence-electron chi connectivity index (χ2n) is 4.00. The molecule has 2 unspecified atom stereocenters. The Balaban J connectivity index is 2.20. The third kappa shape index (κ3) is 2.42. The lowest BCUT2D eigenvalue weighted by Gasteiger charge is -2.30. The molecular weight excluding hydrogens is 216 g/mol. The van der Waals surface area contributed by atoms with Crippen LogP contribution in [0.3, 0.4) is 0 Å². The van der Waals surface area contributed by atoms with Gasteiger partial charge in [0.05, 0.1) is 0 Å². The van der Waals surface area contributed by atoms with Gasteiger partial charge in [0.1, 0.15) is 17.9 Å². The van der Waals surface area contributed by atoms with Crippen molar-refractivity contribution in [3.8, 4) is 0 Å². The molecule has 1 aliphatic heterocycles. The zero-order chi connectivity index (χ0) is 12.3. The summed E-state index contributed by atoms with van der Waals surface area (Å²) in [6.45, 7) is 4.67. The number of ether oxygens (including phenoxy) is 2. The van der Waals surface area contributed by atoms with Gasteiger partial charge in [-0.15, -0.1) is 0 Å². The van der Waals surface area contributed by atoms with Gasteiger partial charge in [0.15, 0.2) is 11.6 Å². The van der Waals surface area contributed by atoms with Gasteiger partial charge in [-0.1, -0.05) is 19.1 Å². The minimum atomic E-state index is -0.143. The van der Waals surface area contributed by atoms with E-state index in [4.69, 9.17) is 15.2 Å². The molecule has 0 spiro atoms. The molecule has 2 atom stereocenters. The predicted molar refractivity (Wildman–Crippen MR) is 67.5 cm³/mol. The Morgan fingerprint density at radius 3 is 3.12 bits per heavy atom. The maximum atomic E-state index is 5.84. The molecule has 2 N–H and O–H groups in total. The monoisotopic (exact) mass is 234 g/mol. The van der Waals surface area contributed by atoms with Gasteiger partial charge >= 0.3 is 0 Å². The summed E-state index contributed by atoms with van der Waals surface area (Å²) >= 11 is 0. The average molecular weight is 234 g/mol. The van der Waals surface area contributed by atoms with Gasteiger partial charge in [0, 0.05) is 6.61 Å². The van der Waals surface area contributed by atoms with E-state index in [1.807, 2.05) is 31.2 Å². The van der Waals surface area contributed by atoms with Crippen molar-refractivity contribution in [3.05, 3.63) is 35.8 Å². The Bertz CT molecular complexity index is 408. The Labute approximate surface area is 102 Å². The molecule has 4 heteroatoms. The van der Waals surface area contributed by atoms with E-state index in [0.29, 0.717) is 18.2 Å². The molecule has 0 aromatic carbocycles. The fourth-order valence-electron chi connectivity index (χ4n) is 1.86. The summed E-state index contributed by atoms with van der Waals surface area (Å²) in [5.74, 6) is 1.86. The van der Waals surface area contributed by atoms with E-state index in [9.17, 15) is 0 Å². The van der Waals surface area contributed by atoms with Crippen LogP contribution in [0, 0.1) is 0 Å². The lowest BCUT2D eigenvalue weighted by atomic mass is 10.0. The van der Waals surface area contributed by atoms with Gasteiger partial charge in [-0.25, -0.2) is 0 Å². The summed E-state index contributed by atoms with van der Waals surface area (Å²) in [6.07, 6.45) is 8.57. The molecule has 1 aliphatic carbocycles. The van der Waals surface area contributed by atoms with Crippen molar-refractivity contribution < 1.29 is 9.47 Å². The van der Waals surface area contributed by atoms with Crippen molar-refractivity contribution in [1.82, 2.24) is 0 Å². The lowest BCUT2D eigenvalue weighted by Crippen LogP contribution is -2.37. The number of hydrogen-bond donors (Lipinski definition) is 1. The Morgan fingerprint density at radius 1 is 1.59 bits per heavy atom. The number of fused-ring (bicyclic) bond motifs is 1. The molecule has 0 aromatic heterocycles. The number of nitrogens with two attached hydrogens (primary N) is 1. The molecule has 0 saturated heterocycles. The average Bonchev–Trinajstić information content (AvgIpc) is 2.35. The van der Waals surface area contributed by atoms with E-state index in [2.05, 4.69) is 11.9 Å². The fraction of sp³-hybridized carbons (Fsp3) is 0.462. The van der Waals surface area contributed by atoms with Crippen LogP contribution in [0.1, 0.15) is 20.3 Å². The van der Waals surface area contributed by atoms with Crippen molar-refractivity contribution in [2.45, 2.75) is 32.4 Å². The van der Waals surface area contributed by atoms with Crippen molar-refractivity contribution in [1.29, 1.82) is 0 Å². The number of aliphatic imine (C=N–C) groups is 1. The highest BCUT2D eigenvalue weighted by Gasteiger charge is 2.31. The minimum absolute atomic E-state index is 0.0769. The molecule has 0 radical (unpaired) electrons. The SMILES string of the molecule is C/C=C1/OC2=CC=CC(OCCC)C2N=C1N. The number of nitrogens with zero attached hydrogens (tertiary/aromatic N) is 1. The molecule has 17 heavy (non-hydrogen) atoms. The maximum absolute atomic E-state index is 5.84. The zero-order valence-electron chi connectivity index (χ0n) is 10.2. The van der Waals surface area contributed by atoms with E-state index in [1.54, 1.807) is 0 Å². The van der Waals surface area contributed by atoms with Crippen LogP contribution in [0.5, 0.6) is 0 Å². The lowest BCUT2D eigenvalue weighted by molar-refractivity contribution is 0.0610. The Hall–Kier alpha value is -1.55. The standard InChI is InChI=1S/C13H18N2O2/c1-3-8-16-10-6-5-7-11-12(10)15-13(14)9(4-2)17-11/h4-7,10,12H,3,8H2,1-2H3,(H2,14,15)/b9-4+. The normalized spacial score (nSPS) is 29.4. The predicted octanol–water partition coefficient (Wildman–Crippen LogP) is 1.90. The zero-order valence-corrected chi connectivity index (χ0v) is 10.2. The highest BCUT2D eigenvalue weighted by atomic mass is 16.5. The Kier molecular flexibility index (Phi) is 3.64. The van der Waals surface area contributed by atoms with E-state index in [0.717, 1.165) is 12.2 Å². The quantitative estimate of drug-likeness (QED) is 0.811. The van der Waals surface area contributed by atoms with Gasteiger partial charge in [-0.05, 0) is 25.5 Å². The molecule has 92 valence electrons. The molecule has 0 aromatic rings. The summed E-state index contributed by atoms with van der Waals surface area (Å²) in [7, 11) is 0. The summed E-state index contributed by atoms with van der Waals surface area (Å²) < 4.78 is 11.4. The first-order valence-corrected chi connectivity index (χ1v) is 5.94. The second kappa shape index (κ2) is 5.19. The maximum Gasteiger partial charge on any atom is 0.164 e. The minimum Gasteiger partial charge on any atom is -0.456 e. The van der Waals surface area contributed by atoms with Crippen molar-refractivity contribution in [2.75, 3.05) is 6.61 Å². The topological polar surface area (TPSA) is 56.8 Å². The molecular formula is C13H18N2O2. The second-order valence-corrected chi connectivity index (χ2v) is 4.00. The van der Waals surface area contributed by atoms with E-state index >= 15 is 0 Å². The van der Waals surface area contributed by atoms with Crippen LogP contribution < -0.4 is 5.73 Å². The van der Waals surface area contributed by atoms with Gasteiger partial charge in [-0.3, -0.25) is 4.99 Å². The number of allylic oxidation sites excluding steroid dienone is 3. The molecule has 4 nitrogen and oxygen atoms in total. The third-order valence-corrected chi connectivity index (χ3v) is 2.70. The number of rotatable bonds is 3. The van der Waals surface area contributed by atoms with Crippen LogP contribution in [-0.4, -0.2) is 24.6 Å².